The number of carbonyl (C=O) groups excluding carboxylic acids is 1. The van der Waals surface area contributed by atoms with Crippen LogP contribution >= 0.6 is 0 Å². The number of pyridine rings is 1. The van der Waals surface area contributed by atoms with Crippen molar-refractivity contribution < 1.29 is 9.53 Å². The number of hydrogen-bond donors (Lipinski definition) is 1. The van der Waals surface area contributed by atoms with Crippen LogP contribution in [0.1, 0.15) is 21.7 Å². The number of benzene rings is 1. The van der Waals surface area contributed by atoms with Gasteiger partial charge >= 0.3 is 0 Å². The summed E-state index contributed by atoms with van der Waals surface area (Å²) in [5.74, 6) is 0.338. The Morgan fingerprint density at radius 2 is 2.00 bits per heavy atom. The zero-order chi connectivity index (χ0) is 20.9. The van der Waals surface area contributed by atoms with Gasteiger partial charge in [-0.2, -0.15) is 5.10 Å². The van der Waals surface area contributed by atoms with E-state index in [1.165, 1.54) is 23.0 Å². The maximum Gasteiger partial charge on any atom is 0.278 e. The van der Waals surface area contributed by atoms with Gasteiger partial charge in [0.1, 0.15) is 12.2 Å². The highest BCUT2D eigenvalue weighted by atomic mass is 16.5. The normalized spacial score (nSPS) is 11.1. The molecule has 0 bridgehead atoms. The SMILES string of the molecule is Cn1ccnc1/C=N\NC(=O)c1cnc2c(OCc3ccccc3)cccn2c1=O. The molecule has 1 aromatic carbocycles. The maximum atomic E-state index is 12.8. The summed E-state index contributed by atoms with van der Waals surface area (Å²) >= 11 is 0. The first-order chi connectivity index (χ1) is 14.6. The first kappa shape index (κ1) is 19.1. The smallest absolute Gasteiger partial charge is 0.278 e. The molecule has 0 fully saturated rings. The molecule has 4 aromatic rings. The lowest BCUT2D eigenvalue weighted by molar-refractivity contribution is 0.0953. The molecular weight excluding hydrogens is 384 g/mol. The Balaban J connectivity index is 1.55. The van der Waals surface area contributed by atoms with E-state index in [9.17, 15) is 9.59 Å². The van der Waals surface area contributed by atoms with Crippen LogP contribution in [0.15, 0.2) is 77.1 Å². The van der Waals surface area contributed by atoms with E-state index < -0.39 is 11.5 Å². The number of rotatable bonds is 6. The molecule has 4 rings (SSSR count). The van der Waals surface area contributed by atoms with Gasteiger partial charge in [-0.1, -0.05) is 30.3 Å². The minimum Gasteiger partial charge on any atom is -0.485 e. The van der Waals surface area contributed by atoms with Gasteiger partial charge in [-0.25, -0.2) is 15.4 Å². The van der Waals surface area contributed by atoms with Crippen LogP contribution in [0.2, 0.25) is 0 Å². The molecule has 30 heavy (non-hydrogen) atoms. The van der Waals surface area contributed by atoms with Crippen LogP contribution in [0.4, 0.5) is 0 Å². The van der Waals surface area contributed by atoms with Crippen LogP contribution in [0.5, 0.6) is 5.75 Å². The van der Waals surface area contributed by atoms with Gasteiger partial charge in [0.25, 0.3) is 11.5 Å². The van der Waals surface area contributed by atoms with Crippen molar-refractivity contribution in [1.82, 2.24) is 24.4 Å². The summed E-state index contributed by atoms with van der Waals surface area (Å²) in [4.78, 5) is 33.5. The minimum atomic E-state index is -0.664. The molecule has 3 aromatic heterocycles. The van der Waals surface area contributed by atoms with Crippen molar-refractivity contribution in [3.8, 4) is 5.75 Å². The van der Waals surface area contributed by atoms with E-state index in [2.05, 4.69) is 20.5 Å². The Hall–Kier alpha value is -4.27. The maximum absolute atomic E-state index is 12.8. The van der Waals surface area contributed by atoms with Gasteiger partial charge in [0.2, 0.25) is 0 Å². The first-order valence-corrected chi connectivity index (χ1v) is 9.11. The van der Waals surface area contributed by atoms with Crippen LogP contribution in [0.3, 0.4) is 0 Å². The third-order valence-corrected chi connectivity index (χ3v) is 4.38. The van der Waals surface area contributed by atoms with E-state index >= 15 is 0 Å². The van der Waals surface area contributed by atoms with Crippen molar-refractivity contribution in [2.24, 2.45) is 12.1 Å². The number of fused-ring (bicyclic) bond motifs is 1. The molecule has 3 heterocycles. The molecule has 0 saturated heterocycles. The molecule has 0 aliphatic rings. The number of aryl methyl sites for hydroxylation is 1. The molecule has 9 heteroatoms. The number of carbonyl (C=O) groups is 1. The highest BCUT2D eigenvalue weighted by Crippen LogP contribution is 2.17. The van der Waals surface area contributed by atoms with Gasteiger partial charge in [-0.15, -0.1) is 0 Å². The average molecular weight is 402 g/mol. The fourth-order valence-electron chi connectivity index (χ4n) is 2.79. The van der Waals surface area contributed by atoms with Gasteiger partial charge in [0, 0.05) is 31.8 Å². The van der Waals surface area contributed by atoms with E-state index in [4.69, 9.17) is 4.74 Å². The first-order valence-electron chi connectivity index (χ1n) is 9.11. The van der Waals surface area contributed by atoms with Gasteiger partial charge in [-0.3, -0.25) is 14.0 Å². The van der Waals surface area contributed by atoms with Crippen molar-refractivity contribution in [3.63, 3.8) is 0 Å². The second kappa shape index (κ2) is 8.39. The molecule has 0 unspecified atom stereocenters. The van der Waals surface area contributed by atoms with E-state index in [-0.39, 0.29) is 5.56 Å². The minimum absolute atomic E-state index is 0.135. The van der Waals surface area contributed by atoms with Gasteiger partial charge in [0.05, 0.1) is 6.21 Å². The summed E-state index contributed by atoms with van der Waals surface area (Å²) < 4.78 is 8.83. The number of hydrogen-bond acceptors (Lipinski definition) is 6. The number of aromatic nitrogens is 4. The van der Waals surface area contributed by atoms with Crippen molar-refractivity contribution >= 4 is 17.8 Å². The summed E-state index contributed by atoms with van der Waals surface area (Å²) in [6, 6.07) is 13.0. The molecule has 1 N–H and O–H groups in total. The number of nitrogens with one attached hydrogen (secondary N) is 1. The standard InChI is InChI=1S/C21H18N6O3/c1-26-11-9-22-18(26)13-24-25-20(28)16-12-23-19-17(8-5-10-27(19)21(16)29)30-14-15-6-3-2-4-7-15/h2-13H,14H2,1H3,(H,25,28)/b24-13-. The zero-order valence-electron chi connectivity index (χ0n) is 16.1. The predicted octanol–water partition coefficient (Wildman–Crippen LogP) is 1.77. The number of imidazole rings is 1. The van der Waals surface area contributed by atoms with Crippen LogP contribution < -0.4 is 15.7 Å². The number of nitrogens with zero attached hydrogens (tertiary/aromatic N) is 5. The second-order valence-electron chi connectivity index (χ2n) is 6.41. The molecule has 0 spiro atoms. The summed E-state index contributed by atoms with van der Waals surface area (Å²) in [6.07, 6.45) is 7.51. The van der Waals surface area contributed by atoms with Crippen molar-refractivity contribution in [2.75, 3.05) is 0 Å². The molecule has 0 radical (unpaired) electrons. The van der Waals surface area contributed by atoms with E-state index in [1.807, 2.05) is 30.3 Å². The lowest BCUT2D eigenvalue weighted by Gasteiger charge is -2.10. The zero-order valence-corrected chi connectivity index (χ0v) is 16.1. The quantitative estimate of drug-likeness (QED) is 0.391. The van der Waals surface area contributed by atoms with Gasteiger partial charge in [-0.05, 0) is 17.7 Å². The molecule has 0 aliphatic heterocycles. The molecule has 0 atom stereocenters. The Labute approximate surface area is 171 Å². The average Bonchev–Trinajstić information content (AvgIpc) is 3.18. The van der Waals surface area contributed by atoms with Gasteiger partial charge < -0.3 is 9.30 Å². The third kappa shape index (κ3) is 3.95. The lowest BCUT2D eigenvalue weighted by Crippen LogP contribution is -2.29. The Morgan fingerprint density at radius 3 is 2.77 bits per heavy atom. The monoisotopic (exact) mass is 402 g/mol. The number of ether oxygens (including phenoxy) is 1. The van der Waals surface area contributed by atoms with Crippen molar-refractivity contribution in [1.29, 1.82) is 0 Å². The van der Waals surface area contributed by atoms with Crippen molar-refractivity contribution in [3.05, 3.63) is 94.6 Å². The molecule has 150 valence electrons. The second-order valence-corrected chi connectivity index (χ2v) is 6.41. The molecular formula is C21H18N6O3. The predicted molar refractivity (Wildman–Crippen MR) is 111 cm³/mol. The fraction of sp³-hybridized carbons (Fsp3) is 0.0952. The Bertz CT molecular complexity index is 1280. The molecule has 0 saturated carbocycles. The summed E-state index contributed by atoms with van der Waals surface area (Å²) in [6.45, 7) is 0.334. The molecule has 0 aliphatic carbocycles. The van der Waals surface area contributed by atoms with Crippen LogP contribution in [-0.4, -0.2) is 31.1 Å². The highest BCUT2D eigenvalue weighted by Gasteiger charge is 2.15. The highest BCUT2D eigenvalue weighted by molar-refractivity contribution is 5.94. The summed E-state index contributed by atoms with van der Waals surface area (Å²) in [5.41, 5.74) is 2.99. The van der Waals surface area contributed by atoms with Crippen LogP contribution in [0, 0.1) is 0 Å². The molecule has 9 nitrogen and oxygen atoms in total. The fourth-order valence-corrected chi connectivity index (χ4v) is 2.79. The van der Waals surface area contributed by atoms with E-state index in [1.54, 1.807) is 36.1 Å². The third-order valence-electron chi connectivity index (χ3n) is 4.38. The molecule has 1 amide bonds. The lowest BCUT2D eigenvalue weighted by atomic mass is 10.2. The summed E-state index contributed by atoms with van der Waals surface area (Å²) in [7, 11) is 1.80. The number of hydrazone groups is 1. The van der Waals surface area contributed by atoms with Crippen LogP contribution in [-0.2, 0) is 13.7 Å². The van der Waals surface area contributed by atoms with Crippen LogP contribution in [0.25, 0.3) is 5.65 Å². The Morgan fingerprint density at radius 1 is 1.17 bits per heavy atom. The number of amides is 1. The van der Waals surface area contributed by atoms with Crippen molar-refractivity contribution in [2.45, 2.75) is 6.61 Å². The largest absolute Gasteiger partial charge is 0.485 e. The van der Waals surface area contributed by atoms with E-state index in [0.29, 0.717) is 23.8 Å². The topological polar surface area (TPSA) is 103 Å². The Kier molecular flexibility index (Phi) is 5.33. The van der Waals surface area contributed by atoms with Gasteiger partial charge in [0.15, 0.2) is 17.2 Å². The summed E-state index contributed by atoms with van der Waals surface area (Å²) in [5, 5.41) is 3.84. The van der Waals surface area contributed by atoms with E-state index in [0.717, 1.165) is 5.56 Å².